The molecule has 2 nitrogen and oxygen atoms in total. The summed E-state index contributed by atoms with van der Waals surface area (Å²) in [7, 11) is 0. The molecular formula is C6H4Br3NO. The van der Waals surface area contributed by atoms with Crippen LogP contribution < -0.4 is 4.73 Å². The molecule has 0 aliphatic carbocycles. The summed E-state index contributed by atoms with van der Waals surface area (Å²) in [6.45, 7) is 1.74. The zero-order valence-corrected chi connectivity index (χ0v) is 10.3. The lowest BCUT2D eigenvalue weighted by atomic mass is 10.4. The third-order valence-electron chi connectivity index (χ3n) is 1.28. The second-order valence-corrected chi connectivity index (χ2v) is 4.47. The molecule has 0 aliphatic heterocycles. The first kappa shape index (κ1) is 9.48. The minimum Gasteiger partial charge on any atom is -0.618 e. The normalized spacial score (nSPS) is 10.2. The van der Waals surface area contributed by atoms with E-state index in [4.69, 9.17) is 0 Å². The second kappa shape index (κ2) is 3.41. The molecule has 1 rings (SSSR count). The largest absolute Gasteiger partial charge is 0.618 e. The van der Waals surface area contributed by atoms with E-state index in [2.05, 4.69) is 47.8 Å². The van der Waals surface area contributed by atoms with Gasteiger partial charge in [0.05, 0.1) is 8.95 Å². The lowest BCUT2D eigenvalue weighted by Gasteiger charge is -2.05. The topological polar surface area (TPSA) is 26.9 Å². The molecule has 11 heavy (non-hydrogen) atoms. The molecule has 0 unspecified atom stereocenters. The van der Waals surface area contributed by atoms with Crippen LogP contribution in [0.2, 0.25) is 0 Å². The molecule has 0 aromatic carbocycles. The van der Waals surface area contributed by atoms with Crippen LogP contribution in [0.4, 0.5) is 0 Å². The van der Waals surface area contributed by atoms with Gasteiger partial charge in [0, 0.05) is 22.9 Å². The standard InChI is InChI=1S/C6H4Br3NO/c1-3-4(7)2-5(8)6(9)10(3)11/h2H,1H3. The summed E-state index contributed by atoms with van der Waals surface area (Å²) < 4.78 is 2.85. The Morgan fingerprint density at radius 3 is 2.36 bits per heavy atom. The summed E-state index contributed by atoms with van der Waals surface area (Å²) in [6, 6.07) is 1.83. The van der Waals surface area contributed by atoms with Crippen LogP contribution in [0, 0.1) is 12.1 Å². The van der Waals surface area contributed by atoms with Gasteiger partial charge >= 0.3 is 0 Å². The molecule has 1 aromatic rings. The van der Waals surface area contributed by atoms with Gasteiger partial charge in [0.25, 0.3) is 4.60 Å². The molecule has 0 radical (unpaired) electrons. The predicted octanol–water partition coefficient (Wildman–Crippen LogP) is 2.92. The fourth-order valence-electron chi connectivity index (χ4n) is 0.617. The van der Waals surface area contributed by atoms with E-state index in [1.165, 1.54) is 0 Å². The van der Waals surface area contributed by atoms with E-state index >= 15 is 0 Å². The van der Waals surface area contributed by atoms with E-state index in [0.717, 1.165) is 13.7 Å². The van der Waals surface area contributed by atoms with Gasteiger partial charge in [-0.3, -0.25) is 0 Å². The van der Waals surface area contributed by atoms with Crippen molar-refractivity contribution in [3.63, 3.8) is 0 Å². The van der Waals surface area contributed by atoms with E-state index in [9.17, 15) is 5.21 Å². The maximum absolute atomic E-state index is 11.2. The second-order valence-electron chi connectivity index (χ2n) is 2.01. The molecule has 1 aromatic heterocycles. The Hall–Kier alpha value is 0.390. The van der Waals surface area contributed by atoms with Crippen LogP contribution in [0.3, 0.4) is 0 Å². The Labute approximate surface area is 89.6 Å². The lowest BCUT2D eigenvalue weighted by Crippen LogP contribution is -2.32. The zero-order valence-electron chi connectivity index (χ0n) is 5.57. The monoisotopic (exact) mass is 343 g/mol. The Morgan fingerprint density at radius 2 is 1.82 bits per heavy atom. The molecule has 0 saturated carbocycles. The SMILES string of the molecule is Cc1c(Br)cc(Br)c(Br)[n+]1[O-]. The lowest BCUT2D eigenvalue weighted by molar-refractivity contribution is -0.625. The first-order valence-electron chi connectivity index (χ1n) is 2.77. The molecule has 0 aliphatic rings. The van der Waals surface area contributed by atoms with Crippen LogP contribution in [0.1, 0.15) is 5.69 Å². The predicted molar refractivity (Wildman–Crippen MR) is 53.2 cm³/mol. The highest BCUT2D eigenvalue weighted by Crippen LogP contribution is 2.24. The summed E-state index contributed by atoms with van der Waals surface area (Å²) in [4.78, 5) is 0. The quantitative estimate of drug-likeness (QED) is 0.403. The van der Waals surface area contributed by atoms with E-state index in [-0.39, 0.29) is 0 Å². The average Bonchev–Trinajstić information content (AvgIpc) is 1.97. The van der Waals surface area contributed by atoms with Crippen molar-refractivity contribution in [1.29, 1.82) is 0 Å². The van der Waals surface area contributed by atoms with Gasteiger partial charge in [-0.15, -0.1) is 0 Å². The molecule has 0 amide bonds. The first-order valence-corrected chi connectivity index (χ1v) is 5.15. The molecule has 60 valence electrons. The van der Waals surface area contributed by atoms with Gasteiger partial charge in [-0.1, -0.05) is 0 Å². The van der Waals surface area contributed by atoms with Crippen molar-refractivity contribution in [3.05, 3.63) is 30.5 Å². The highest BCUT2D eigenvalue weighted by molar-refractivity contribution is 9.13. The molecule has 0 fully saturated rings. The molecule has 0 N–H and O–H groups in total. The average molecular weight is 346 g/mol. The van der Waals surface area contributed by atoms with Crippen molar-refractivity contribution in [3.8, 4) is 0 Å². The summed E-state index contributed by atoms with van der Waals surface area (Å²) >= 11 is 9.64. The fraction of sp³-hybridized carbons (Fsp3) is 0.167. The van der Waals surface area contributed by atoms with Crippen molar-refractivity contribution in [2.75, 3.05) is 0 Å². The van der Waals surface area contributed by atoms with Crippen LogP contribution in [0.5, 0.6) is 0 Å². The minimum absolute atomic E-state index is 0.498. The summed E-state index contributed by atoms with van der Waals surface area (Å²) in [5, 5.41) is 11.2. The Bertz CT molecular complexity index is 274. The number of aromatic nitrogens is 1. The summed E-state index contributed by atoms with van der Waals surface area (Å²) in [6.07, 6.45) is 0. The molecule has 0 saturated heterocycles. The third-order valence-corrected chi connectivity index (χ3v) is 3.97. The van der Waals surface area contributed by atoms with Crippen LogP contribution >= 0.6 is 47.8 Å². The summed E-state index contributed by atoms with van der Waals surface area (Å²) in [5.41, 5.74) is 0.639. The van der Waals surface area contributed by atoms with Crippen molar-refractivity contribution in [2.45, 2.75) is 6.92 Å². The summed E-state index contributed by atoms with van der Waals surface area (Å²) in [5.74, 6) is 0. The third kappa shape index (κ3) is 1.76. The number of rotatable bonds is 0. The van der Waals surface area contributed by atoms with Crippen molar-refractivity contribution in [1.82, 2.24) is 0 Å². The molecule has 0 bridgehead atoms. The Balaban J connectivity index is 3.46. The van der Waals surface area contributed by atoms with E-state index in [0.29, 0.717) is 10.3 Å². The fourth-order valence-corrected chi connectivity index (χ4v) is 2.08. The highest BCUT2D eigenvalue weighted by Gasteiger charge is 2.13. The zero-order chi connectivity index (χ0) is 8.59. The van der Waals surface area contributed by atoms with Gasteiger partial charge in [0.15, 0.2) is 0 Å². The van der Waals surface area contributed by atoms with E-state index in [1.54, 1.807) is 6.92 Å². The Morgan fingerprint density at radius 1 is 1.27 bits per heavy atom. The van der Waals surface area contributed by atoms with Gasteiger partial charge in [0.2, 0.25) is 5.69 Å². The number of halogens is 3. The first-order chi connectivity index (χ1) is 5.04. The molecular weight excluding hydrogens is 342 g/mol. The van der Waals surface area contributed by atoms with Gasteiger partial charge in [-0.2, -0.15) is 4.73 Å². The van der Waals surface area contributed by atoms with Gasteiger partial charge in [0.1, 0.15) is 0 Å². The van der Waals surface area contributed by atoms with Crippen LogP contribution in [-0.4, -0.2) is 0 Å². The van der Waals surface area contributed by atoms with Gasteiger partial charge in [-0.05, 0) is 37.9 Å². The molecule has 5 heteroatoms. The number of pyridine rings is 1. The maximum Gasteiger partial charge on any atom is 0.273 e. The number of hydrogen-bond donors (Lipinski definition) is 0. The molecule has 0 spiro atoms. The highest BCUT2D eigenvalue weighted by atomic mass is 79.9. The van der Waals surface area contributed by atoms with Crippen LogP contribution in [-0.2, 0) is 0 Å². The molecule has 0 atom stereocenters. The van der Waals surface area contributed by atoms with Crippen molar-refractivity contribution < 1.29 is 4.73 Å². The van der Waals surface area contributed by atoms with E-state index < -0.39 is 0 Å². The number of hydrogen-bond acceptors (Lipinski definition) is 1. The van der Waals surface area contributed by atoms with Crippen molar-refractivity contribution >= 4 is 47.8 Å². The minimum atomic E-state index is 0.498. The maximum atomic E-state index is 11.2. The van der Waals surface area contributed by atoms with Crippen LogP contribution in [0.25, 0.3) is 0 Å². The number of nitrogens with zero attached hydrogens (tertiary/aromatic N) is 1. The van der Waals surface area contributed by atoms with Crippen molar-refractivity contribution in [2.24, 2.45) is 0 Å². The van der Waals surface area contributed by atoms with Crippen LogP contribution in [0.15, 0.2) is 19.6 Å². The van der Waals surface area contributed by atoms with Gasteiger partial charge < -0.3 is 5.21 Å². The van der Waals surface area contributed by atoms with E-state index in [1.807, 2.05) is 6.07 Å². The smallest absolute Gasteiger partial charge is 0.273 e. The Kier molecular flexibility index (Phi) is 2.94. The molecule has 1 heterocycles. The van der Waals surface area contributed by atoms with Gasteiger partial charge in [-0.25, -0.2) is 0 Å².